The van der Waals surface area contributed by atoms with Crippen molar-refractivity contribution in [3.05, 3.63) is 11.6 Å². The zero-order valence-electron chi connectivity index (χ0n) is 22.6. The number of allylic oxidation sites excluding steroid dienone is 2. The van der Waals surface area contributed by atoms with Gasteiger partial charge < -0.3 is 15.3 Å². The van der Waals surface area contributed by atoms with Crippen LogP contribution in [0.4, 0.5) is 0 Å². The van der Waals surface area contributed by atoms with Gasteiger partial charge in [0.15, 0.2) is 0 Å². The van der Waals surface area contributed by atoms with Crippen LogP contribution < -0.4 is 0 Å². The second kappa shape index (κ2) is 7.12. The highest BCUT2D eigenvalue weighted by Crippen LogP contribution is 2.75. The Bertz CT molecular complexity index is 919. The summed E-state index contributed by atoms with van der Waals surface area (Å²) < 4.78 is 0. The first-order valence-corrected chi connectivity index (χ1v) is 13.9. The van der Waals surface area contributed by atoms with E-state index in [2.05, 4.69) is 54.5 Å². The van der Waals surface area contributed by atoms with Gasteiger partial charge in [0, 0.05) is 11.8 Å². The van der Waals surface area contributed by atoms with Crippen molar-refractivity contribution in [2.45, 2.75) is 118 Å². The van der Waals surface area contributed by atoms with Crippen LogP contribution in [0, 0.1) is 50.2 Å². The topological polar surface area (TPSA) is 77.8 Å². The molecule has 0 aliphatic heterocycles. The minimum Gasteiger partial charge on any atom is -0.481 e. The molecule has 0 radical (unpaired) electrons. The maximum absolute atomic E-state index is 12.8. The van der Waals surface area contributed by atoms with Gasteiger partial charge in [-0.25, -0.2) is 0 Å². The zero-order chi connectivity index (χ0) is 25.1. The number of aliphatic carboxylic acids is 1. The number of hydrogen-bond acceptors (Lipinski definition) is 3. The van der Waals surface area contributed by atoms with Gasteiger partial charge in [-0.2, -0.15) is 0 Å². The highest BCUT2D eigenvalue weighted by atomic mass is 16.4. The van der Waals surface area contributed by atoms with Gasteiger partial charge in [-0.1, -0.05) is 60.1 Å². The van der Waals surface area contributed by atoms with Gasteiger partial charge in [0.25, 0.3) is 0 Å². The Morgan fingerprint density at radius 2 is 1.41 bits per heavy atom. The lowest BCUT2D eigenvalue weighted by atomic mass is 9.34. The standard InChI is InChI=1S/C30H48O4/c1-25(2)14-15-30(24(33)34)13-10-19-27(5)11-8-18-26(3,4)22(31)16-23(32)29(18,7)20(27)9-12-28(19,6)21(30)17-25/h10,18,20-23,31-32H,8-9,11-17H2,1-7H3,(H,33,34)/t18-,20-,21-,22-,23+,27-,28+,29-,30+/m0/s1. The molecule has 4 saturated carbocycles. The highest BCUT2D eigenvalue weighted by molar-refractivity contribution is 5.76. The number of carboxylic acid groups (broad SMARTS) is 1. The Morgan fingerprint density at radius 3 is 2.03 bits per heavy atom. The van der Waals surface area contributed by atoms with E-state index in [1.54, 1.807) is 0 Å². The van der Waals surface area contributed by atoms with Gasteiger partial charge >= 0.3 is 5.97 Å². The third-order valence-electron chi connectivity index (χ3n) is 12.9. The molecule has 0 saturated heterocycles. The molecule has 4 heteroatoms. The van der Waals surface area contributed by atoms with Gasteiger partial charge in [0.05, 0.1) is 17.6 Å². The minimum atomic E-state index is -0.630. The molecule has 0 aromatic carbocycles. The molecular formula is C30H48O4. The van der Waals surface area contributed by atoms with Crippen molar-refractivity contribution in [1.82, 2.24) is 0 Å². The number of carbonyl (C=O) groups is 1. The number of fused-ring (bicyclic) bond motifs is 7. The van der Waals surface area contributed by atoms with Crippen LogP contribution in [0.3, 0.4) is 0 Å². The van der Waals surface area contributed by atoms with Gasteiger partial charge in [0.1, 0.15) is 0 Å². The first-order valence-electron chi connectivity index (χ1n) is 13.9. The summed E-state index contributed by atoms with van der Waals surface area (Å²) >= 11 is 0. The SMILES string of the molecule is CC1(C)CC[C@]2(C(=O)O)CC=C3[C@]4(C)CC[C@H]5C(C)(C)[C@@H](O)C[C@@H](O)[C@]5(C)[C@H]4CC[C@@]3(C)[C@@H]2C1. The van der Waals surface area contributed by atoms with Crippen LogP contribution in [0.2, 0.25) is 0 Å². The second-order valence-corrected chi connectivity index (χ2v) is 15.2. The molecule has 9 atom stereocenters. The Hall–Kier alpha value is -0.870. The maximum atomic E-state index is 12.8. The van der Waals surface area contributed by atoms with E-state index in [-0.39, 0.29) is 38.9 Å². The molecule has 0 spiro atoms. The molecule has 34 heavy (non-hydrogen) atoms. The lowest BCUT2D eigenvalue weighted by Gasteiger charge is -2.70. The molecule has 0 unspecified atom stereocenters. The summed E-state index contributed by atoms with van der Waals surface area (Å²) in [6, 6.07) is 0. The Labute approximate surface area is 206 Å². The Balaban J connectivity index is 1.61. The summed E-state index contributed by atoms with van der Waals surface area (Å²) in [6.45, 7) is 16.2. The summed E-state index contributed by atoms with van der Waals surface area (Å²) in [5, 5.41) is 32.9. The fourth-order valence-corrected chi connectivity index (χ4v) is 10.8. The molecular weight excluding hydrogens is 424 g/mol. The van der Waals surface area contributed by atoms with E-state index in [9.17, 15) is 20.1 Å². The molecule has 5 rings (SSSR count). The van der Waals surface area contributed by atoms with Crippen LogP contribution in [0.25, 0.3) is 0 Å². The quantitative estimate of drug-likeness (QED) is 0.397. The fraction of sp³-hybridized carbons (Fsp3) is 0.900. The summed E-state index contributed by atoms with van der Waals surface area (Å²) in [4.78, 5) is 12.8. The lowest BCUT2D eigenvalue weighted by molar-refractivity contribution is -0.230. The Morgan fingerprint density at radius 1 is 0.824 bits per heavy atom. The van der Waals surface area contributed by atoms with Crippen molar-refractivity contribution in [2.24, 2.45) is 50.2 Å². The van der Waals surface area contributed by atoms with E-state index in [4.69, 9.17) is 0 Å². The van der Waals surface area contributed by atoms with Crippen LogP contribution in [-0.2, 0) is 4.79 Å². The summed E-state index contributed by atoms with van der Waals surface area (Å²) in [5.41, 5.74) is 0.492. The smallest absolute Gasteiger partial charge is 0.310 e. The van der Waals surface area contributed by atoms with Crippen LogP contribution in [0.15, 0.2) is 11.6 Å². The maximum Gasteiger partial charge on any atom is 0.310 e. The third kappa shape index (κ3) is 2.88. The molecule has 0 heterocycles. The van der Waals surface area contributed by atoms with Crippen LogP contribution >= 0.6 is 0 Å². The summed E-state index contributed by atoms with van der Waals surface area (Å²) in [6.07, 6.45) is 9.40. The van der Waals surface area contributed by atoms with Crippen molar-refractivity contribution in [1.29, 1.82) is 0 Å². The molecule has 5 aliphatic rings. The first kappa shape index (κ1) is 24.8. The predicted molar refractivity (Wildman–Crippen MR) is 134 cm³/mol. The van der Waals surface area contributed by atoms with E-state index in [0.717, 1.165) is 44.9 Å². The molecule has 0 bridgehead atoms. The van der Waals surface area contributed by atoms with E-state index in [1.807, 2.05) is 0 Å². The lowest BCUT2D eigenvalue weighted by Crippen LogP contribution is -2.67. The van der Waals surface area contributed by atoms with Gasteiger partial charge in [-0.15, -0.1) is 0 Å². The van der Waals surface area contributed by atoms with Crippen molar-refractivity contribution in [3.63, 3.8) is 0 Å². The summed E-state index contributed by atoms with van der Waals surface area (Å²) in [5.74, 6) is 0.218. The van der Waals surface area contributed by atoms with Gasteiger partial charge in [-0.05, 0) is 90.8 Å². The number of carboxylic acids is 1. The summed E-state index contributed by atoms with van der Waals surface area (Å²) in [7, 11) is 0. The average molecular weight is 473 g/mol. The number of aliphatic hydroxyl groups is 2. The normalized spacial score (nSPS) is 53.4. The molecule has 0 amide bonds. The fourth-order valence-electron chi connectivity index (χ4n) is 10.8. The van der Waals surface area contributed by atoms with Gasteiger partial charge in [0.2, 0.25) is 0 Å². The first-order chi connectivity index (χ1) is 15.6. The Kier molecular flexibility index (Phi) is 5.20. The van der Waals surface area contributed by atoms with Gasteiger partial charge in [-0.3, -0.25) is 4.79 Å². The van der Waals surface area contributed by atoms with E-state index in [1.165, 1.54) is 5.57 Å². The molecule has 5 aliphatic carbocycles. The number of aliphatic hydroxyl groups excluding tert-OH is 2. The molecule has 0 aromatic heterocycles. The largest absolute Gasteiger partial charge is 0.481 e. The molecule has 4 fully saturated rings. The van der Waals surface area contributed by atoms with Crippen molar-refractivity contribution in [3.8, 4) is 0 Å². The molecule has 192 valence electrons. The van der Waals surface area contributed by atoms with E-state index in [0.29, 0.717) is 18.8 Å². The number of hydrogen-bond donors (Lipinski definition) is 3. The van der Waals surface area contributed by atoms with Crippen LogP contribution in [-0.4, -0.2) is 33.5 Å². The molecule has 3 N–H and O–H groups in total. The average Bonchev–Trinajstić information content (AvgIpc) is 2.72. The minimum absolute atomic E-state index is 0.0240. The van der Waals surface area contributed by atoms with E-state index >= 15 is 0 Å². The van der Waals surface area contributed by atoms with Crippen molar-refractivity contribution in [2.75, 3.05) is 0 Å². The van der Waals surface area contributed by atoms with Crippen molar-refractivity contribution < 1.29 is 20.1 Å². The molecule has 4 nitrogen and oxygen atoms in total. The van der Waals surface area contributed by atoms with E-state index < -0.39 is 23.6 Å². The predicted octanol–water partition coefficient (Wildman–Crippen LogP) is 6.20. The molecule has 0 aromatic rings. The highest BCUT2D eigenvalue weighted by Gasteiger charge is 2.70. The van der Waals surface area contributed by atoms with Crippen LogP contribution in [0.1, 0.15) is 106 Å². The third-order valence-corrected chi connectivity index (χ3v) is 12.9. The monoisotopic (exact) mass is 472 g/mol. The van der Waals surface area contributed by atoms with Crippen LogP contribution in [0.5, 0.6) is 0 Å². The van der Waals surface area contributed by atoms with Crippen molar-refractivity contribution >= 4 is 5.97 Å². The second-order valence-electron chi connectivity index (χ2n) is 15.2. The zero-order valence-corrected chi connectivity index (χ0v) is 22.6. The number of rotatable bonds is 1.